The number of aliphatic hydroxyl groups is 1. The van der Waals surface area contributed by atoms with E-state index >= 15 is 0 Å². The number of hydrogen-bond acceptors (Lipinski definition) is 5. The number of carbonyl (C=O) groups is 2. The van der Waals surface area contributed by atoms with E-state index in [9.17, 15) is 14.7 Å². The first-order chi connectivity index (χ1) is 15.4. The molecular formula is C25H25BrN2O4. The molecule has 32 heavy (non-hydrogen) atoms. The maximum absolute atomic E-state index is 13.5. The standard InChI is InChI=1S/C25H25BrN2O4/c1-3-27(4-2)12-13-28-22(16-8-6-5-7-9-16)21(24(30)25(28)31)23(29)20-15-17-14-18(26)10-11-19(17)32-20/h5-11,14-15,22,30H,3-4,12-13H2,1-2H3. The molecule has 0 saturated carbocycles. The minimum absolute atomic E-state index is 0.0545. The van der Waals surface area contributed by atoms with Gasteiger partial charge in [-0.1, -0.05) is 60.1 Å². The van der Waals surface area contributed by atoms with Gasteiger partial charge in [0.25, 0.3) is 5.91 Å². The lowest BCUT2D eigenvalue weighted by atomic mass is 9.95. The lowest BCUT2D eigenvalue weighted by molar-refractivity contribution is -0.129. The molecule has 0 radical (unpaired) electrons. The molecule has 0 fully saturated rings. The molecule has 6 nitrogen and oxygen atoms in total. The highest BCUT2D eigenvalue weighted by Crippen LogP contribution is 2.39. The fourth-order valence-electron chi connectivity index (χ4n) is 4.15. The predicted molar refractivity (Wildman–Crippen MR) is 127 cm³/mol. The Bertz CT molecular complexity index is 1180. The molecule has 4 rings (SSSR count). The van der Waals surface area contributed by atoms with Gasteiger partial charge in [-0.05, 0) is 42.9 Å². The normalized spacial score (nSPS) is 16.6. The largest absolute Gasteiger partial charge is 0.503 e. The van der Waals surface area contributed by atoms with E-state index in [0.29, 0.717) is 18.7 Å². The van der Waals surface area contributed by atoms with Crippen LogP contribution in [0.5, 0.6) is 0 Å². The third-order valence-electron chi connectivity index (χ3n) is 5.92. The zero-order chi connectivity index (χ0) is 22.8. The number of aliphatic hydroxyl groups excluding tert-OH is 1. The van der Waals surface area contributed by atoms with Gasteiger partial charge in [-0.15, -0.1) is 0 Å². The third-order valence-corrected chi connectivity index (χ3v) is 6.41. The lowest BCUT2D eigenvalue weighted by Crippen LogP contribution is -2.38. The molecule has 166 valence electrons. The topological polar surface area (TPSA) is 74.0 Å². The summed E-state index contributed by atoms with van der Waals surface area (Å²) < 4.78 is 6.65. The highest BCUT2D eigenvalue weighted by atomic mass is 79.9. The summed E-state index contributed by atoms with van der Waals surface area (Å²) in [6.45, 7) is 6.88. The van der Waals surface area contributed by atoms with Crippen LogP contribution in [-0.2, 0) is 4.79 Å². The lowest BCUT2D eigenvalue weighted by Gasteiger charge is -2.29. The minimum Gasteiger partial charge on any atom is -0.503 e. The van der Waals surface area contributed by atoms with Crippen molar-refractivity contribution in [2.45, 2.75) is 19.9 Å². The molecule has 0 bridgehead atoms. The highest BCUT2D eigenvalue weighted by molar-refractivity contribution is 9.10. The molecule has 1 aromatic heterocycles. The molecule has 0 spiro atoms. The van der Waals surface area contributed by atoms with E-state index in [1.54, 1.807) is 17.0 Å². The van der Waals surface area contributed by atoms with E-state index in [1.807, 2.05) is 42.5 Å². The van der Waals surface area contributed by atoms with Crippen LogP contribution in [0.2, 0.25) is 0 Å². The summed E-state index contributed by atoms with van der Waals surface area (Å²) in [4.78, 5) is 30.4. The van der Waals surface area contributed by atoms with Gasteiger partial charge in [-0.25, -0.2) is 0 Å². The van der Waals surface area contributed by atoms with Gasteiger partial charge >= 0.3 is 0 Å². The number of carbonyl (C=O) groups excluding carboxylic acids is 2. The van der Waals surface area contributed by atoms with Gasteiger partial charge < -0.3 is 19.3 Å². The Morgan fingerprint density at radius 1 is 1.12 bits per heavy atom. The number of likely N-dealkylation sites (N-methyl/N-ethyl adjacent to an activating group) is 1. The minimum atomic E-state index is -0.674. The average molecular weight is 497 g/mol. The number of benzene rings is 2. The van der Waals surface area contributed by atoms with Gasteiger partial charge in [-0.2, -0.15) is 0 Å². The molecule has 2 aromatic carbocycles. The van der Waals surface area contributed by atoms with Crippen LogP contribution < -0.4 is 0 Å². The van der Waals surface area contributed by atoms with Crippen molar-refractivity contribution < 1.29 is 19.1 Å². The summed E-state index contributed by atoms with van der Waals surface area (Å²) in [5, 5.41) is 11.6. The number of Topliss-reactive ketones (excluding diaryl/α,β-unsaturated/α-hetero) is 1. The van der Waals surface area contributed by atoms with Crippen LogP contribution in [0.15, 0.2) is 74.8 Å². The zero-order valence-corrected chi connectivity index (χ0v) is 19.6. The van der Waals surface area contributed by atoms with Gasteiger partial charge in [0.15, 0.2) is 11.5 Å². The van der Waals surface area contributed by atoms with Gasteiger partial charge in [0.05, 0.1) is 11.6 Å². The maximum atomic E-state index is 13.5. The van der Waals surface area contributed by atoms with Crippen LogP contribution in [0, 0.1) is 0 Å². The Hall–Kier alpha value is -2.90. The Balaban J connectivity index is 1.73. The van der Waals surface area contributed by atoms with Crippen molar-refractivity contribution in [1.82, 2.24) is 9.80 Å². The number of rotatable bonds is 8. The van der Waals surface area contributed by atoms with Crippen LogP contribution in [0.3, 0.4) is 0 Å². The quantitative estimate of drug-likeness (QED) is 0.438. The summed E-state index contributed by atoms with van der Waals surface area (Å²) in [6, 6.07) is 15.8. The van der Waals surface area contributed by atoms with Crippen molar-refractivity contribution in [2.24, 2.45) is 0 Å². The summed E-state index contributed by atoms with van der Waals surface area (Å²) in [7, 11) is 0. The molecule has 0 aliphatic carbocycles. The molecule has 0 saturated heterocycles. The summed E-state index contributed by atoms with van der Waals surface area (Å²) in [5.41, 5.74) is 1.39. The van der Waals surface area contributed by atoms with Crippen LogP contribution in [0.1, 0.15) is 36.0 Å². The van der Waals surface area contributed by atoms with E-state index in [4.69, 9.17) is 4.42 Å². The zero-order valence-electron chi connectivity index (χ0n) is 18.0. The molecule has 7 heteroatoms. The summed E-state index contributed by atoms with van der Waals surface area (Å²) in [6.07, 6.45) is 0. The number of furan rings is 1. The number of halogens is 1. The van der Waals surface area contributed by atoms with E-state index in [-0.39, 0.29) is 11.3 Å². The third kappa shape index (κ3) is 4.10. The van der Waals surface area contributed by atoms with Crippen LogP contribution in [0.25, 0.3) is 11.0 Å². The first-order valence-corrected chi connectivity index (χ1v) is 11.5. The molecule has 3 aromatic rings. The van der Waals surface area contributed by atoms with Gasteiger partial charge in [0.1, 0.15) is 5.58 Å². The van der Waals surface area contributed by atoms with Crippen LogP contribution in [0.4, 0.5) is 0 Å². The van der Waals surface area contributed by atoms with Crippen molar-refractivity contribution in [2.75, 3.05) is 26.2 Å². The maximum Gasteiger partial charge on any atom is 0.290 e. The average Bonchev–Trinajstić information content (AvgIpc) is 3.33. The second-order valence-electron chi connectivity index (χ2n) is 7.72. The van der Waals surface area contributed by atoms with E-state index in [2.05, 4.69) is 34.7 Å². The smallest absolute Gasteiger partial charge is 0.290 e. The Morgan fingerprint density at radius 2 is 1.84 bits per heavy atom. The Morgan fingerprint density at radius 3 is 2.53 bits per heavy atom. The molecule has 1 aliphatic heterocycles. The number of amides is 1. The van der Waals surface area contributed by atoms with Gasteiger partial charge in [0, 0.05) is 22.9 Å². The molecular weight excluding hydrogens is 472 g/mol. The van der Waals surface area contributed by atoms with Crippen molar-refractivity contribution >= 4 is 38.6 Å². The first-order valence-electron chi connectivity index (χ1n) is 10.7. The first kappa shape index (κ1) is 22.3. The molecule has 1 atom stereocenters. The fourth-order valence-corrected chi connectivity index (χ4v) is 4.52. The number of nitrogens with zero attached hydrogens (tertiary/aromatic N) is 2. The van der Waals surface area contributed by atoms with E-state index in [1.165, 1.54) is 0 Å². The Kier molecular flexibility index (Phi) is 6.48. The van der Waals surface area contributed by atoms with Gasteiger partial charge in [0.2, 0.25) is 5.78 Å². The molecule has 1 amide bonds. The van der Waals surface area contributed by atoms with Crippen molar-refractivity contribution in [3.8, 4) is 0 Å². The molecule has 1 unspecified atom stereocenters. The SMILES string of the molecule is CCN(CC)CCN1C(=O)C(O)=C(C(=O)c2cc3cc(Br)ccc3o2)C1c1ccccc1. The van der Waals surface area contributed by atoms with Crippen molar-refractivity contribution in [1.29, 1.82) is 0 Å². The summed E-state index contributed by atoms with van der Waals surface area (Å²) >= 11 is 3.42. The second kappa shape index (κ2) is 9.30. The van der Waals surface area contributed by atoms with E-state index in [0.717, 1.165) is 28.5 Å². The number of ketones is 1. The van der Waals surface area contributed by atoms with Crippen molar-refractivity contribution in [3.05, 3.63) is 81.7 Å². The number of hydrogen-bond donors (Lipinski definition) is 1. The highest BCUT2D eigenvalue weighted by Gasteiger charge is 2.44. The summed E-state index contributed by atoms with van der Waals surface area (Å²) in [5.74, 6) is -1.43. The van der Waals surface area contributed by atoms with Crippen molar-refractivity contribution in [3.63, 3.8) is 0 Å². The van der Waals surface area contributed by atoms with E-state index < -0.39 is 23.5 Å². The molecule has 2 heterocycles. The second-order valence-corrected chi connectivity index (χ2v) is 8.64. The van der Waals surface area contributed by atoms with Gasteiger partial charge in [-0.3, -0.25) is 9.59 Å². The molecule has 1 aliphatic rings. The fraction of sp³-hybridized carbons (Fsp3) is 0.280. The Labute approximate surface area is 195 Å². The number of fused-ring (bicyclic) bond motifs is 1. The molecule has 1 N–H and O–H groups in total. The van der Waals surface area contributed by atoms with Crippen LogP contribution in [-0.4, -0.2) is 52.8 Å². The monoisotopic (exact) mass is 496 g/mol. The van der Waals surface area contributed by atoms with Crippen LogP contribution >= 0.6 is 15.9 Å². The predicted octanol–water partition coefficient (Wildman–Crippen LogP) is 5.12.